The standard InChI is InChI=1S/C15H31N3O2S/c1-5-9-16-12-15-8-7-11-17(13-15)21(19,20)18(10-6-2)14(3)4/h6,14-16H,2,5,7-13H2,1,3-4H3. The van der Waals surface area contributed by atoms with E-state index in [0.717, 1.165) is 32.4 Å². The van der Waals surface area contributed by atoms with Gasteiger partial charge in [-0.2, -0.15) is 17.0 Å². The summed E-state index contributed by atoms with van der Waals surface area (Å²) < 4.78 is 28.7. The largest absolute Gasteiger partial charge is 0.316 e. The van der Waals surface area contributed by atoms with Crippen molar-refractivity contribution >= 4 is 10.2 Å². The van der Waals surface area contributed by atoms with Crippen LogP contribution < -0.4 is 5.32 Å². The Morgan fingerprint density at radius 3 is 2.76 bits per heavy atom. The van der Waals surface area contributed by atoms with Crippen molar-refractivity contribution in [1.29, 1.82) is 0 Å². The van der Waals surface area contributed by atoms with Crippen LogP contribution in [0.3, 0.4) is 0 Å². The van der Waals surface area contributed by atoms with Gasteiger partial charge in [-0.3, -0.25) is 0 Å². The first-order chi connectivity index (χ1) is 9.93. The Hall–Kier alpha value is -0.430. The second-order valence-corrected chi connectivity index (χ2v) is 7.91. The second kappa shape index (κ2) is 8.88. The van der Waals surface area contributed by atoms with Crippen LogP contribution in [0.5, 0.6) is 0 Å². The van der Waals surface area contributed by atoms with Gasteiger partial charge in [-0.15, -0.1) is 6.58 Å². The molecular weight excluding hydrogens is 286 g/mol. The van der Waals surface area contributed by atoms with Crippen LogP contribution in [-0.2, 0) is 10.2 Å². The van der Waals surface area contributed by atoms with E-state index in [4.69, 9.17) is 0 Å². The molecule has 6 heteroatoms. The van der Waals surface area contributed by atoms with Crippen LogP contribution in [0.2, 0.25) is 0 Å². The molecular formula is C15H31N3O2S. The average Bonchev–Trinajstić information content (AvgIpc) is 2.45. The number of nitrogens with zero attached hydrogens (tertiary/aromatic N) is 2. The maximum Gasteiger partial charge on any atom is 0.282 e. The molecule has 0 aromatic rings. The lowest BCUT2D eigenvalue weighted by molar-refractivity contribution is 0.237. The molecule has 1 fully saturated rings. The van der Waals surface area contributed by atoms with Crippen LogP contribution >= 0.6 is 0 Å². The molecule has 0 spiro atoms. The molecule has 0 aliphatic carbocycles. The zero-order valence-corrected chi connectivity index (χ0v) is 14.5. The minimum absolute atomic E-state index is 0.0495. The number of nitrogens with one attached hydrogen (secondary N) is 1. The van der Waals surface area contributed by atoms with Crippen LogP contribution in [-0.4, -0.2) is 55.8 Å². The van der Waals surface area contributed by atoms with E-state index in [2.05, 4.69) is 18.8 Å². The summed E-state index contributed by atoms with van der Waals surface area (Å²) in [5, 5.41) is 3.40. The Labute approximate surface area is 130 Å². The quantitative estimate of drug-likeness (QED) is 0.521. The molecule has 0 bridgehead atoms. The summed E-state index contributed by atoms with van der Waals surface area (Å²) in [5.74, 6) is 0.415. The summed E-state index contributed by atoms with van der Waals surface area (Å²) in [5.41, 5.74) is 0. The van der Waals surface area contributed by atoms with E-state index < -0.39 is 10.2 Å². The molecule has 1 atom stereocenters. The van der Waals surface area contributed by atoms with E-state index in [-0.39, 0.29) is 6.04 Å². The molecule has 1 saturated heterocycles. The molecule has 0 radical (unpaired) electrons. The molecule has 0 aromatic heterocycles. The lowest BCUT2D eigenvalue weighted by Gasteiger charge is -2.36. The predicted octanol–water partition coefficient (Wildman–Crippen LogP) is 1.84. The maximum absolute atomic E-state index is 12.8. The fourth-order valence-corrected chi connectivity index (χ4v) is 4.62. The van der Waals surface area contributed by atoms with Crippen LogP contribution in [0, 0.1) is 5.92 Å². The third kappa shape index (κ3) is 5.36. The van der Waals surface area contributed by atoms with Gasteiger partial charge in [-0.1, -0.05) is 13.0 Å². The first-order valence-electron chi connectivity index (χ1n) is 8.02. The van der Waals surface area contributed by atoms with E-state index in [0.29, 0.717) is 25.6 Å². The van der Waals surface area contributed by atoms with E-state index >= 15 is 0 Å². The fraction of sp³-hybridized carbons (Fsp3) is 0.867. The van der Waals surface area contributed by atoms with Gasteiger partial charge >= 0.3 is 0 Å². The molecule has 1 unspecified atom stereocenters. The number of hydrogen-bond acceptors (Lipinski definition) is 3. The number of rotatable bonds is 9. The molecule has 1 N–H and O–H groups in total. The van der Waals surface area contributed by atoms with Gasteiger partial charge in [0.05, 0.1) is 0 Å². The highest BCUT2D eigenvalue weighted by atomic mass is 32.2. The van der Waals surface area contributed by atoms with Crippen molar-refractivity contribution in [2.75, 3.05) is 32.7 Å². The molecule has 1 aliphatic heterocycles. The summed E-state index contributed by atoms with van der Waals surface area (Å²) in [6, 6.07) is -0.0495. The summed E-state index contributed by atoms with van der Waals surface area (Å²) >= 11 is 0. The maximum atomic E-state index is 12.8. The predicted molar refractivity (Wildman–Crippen MR) is 88.4 cm³/mol. The van der Waals surface area contributed by atoms with Crippen molar-refractivity contribution in [3.05, 3.63) is 12.7 Å². The highest BCUT2D eigenvalue weighted by Gasteiger charge is 2.34. The Morgan fingerprint density at radius 2 is 2.19 bits per heavy atom. The van der Waals surface area contributed by atoms with E-state index in [9.17, 15) is 8.42 Å². The van der Waals surface area contributed by atoms with Gasteiger partial charge in [0.1, 0.15) is 0 Å². The van der Waals surface area contributed by atoms with Crippen LogP contribution in [0.4, 0.5) is 0 Å². The minimum Gasteiger partial charge on any atom is -0.316 e. The molecule has 124 valence electrons. The average molecular weight is 317 g/mol. The van der Waals surface area contributed by atoms with Gasteiger partial charge < -0.3 is 5.32 Å². The molecule has 0 saturated carbocycles. The van der Waals surface area contributed by atoms with Crippen molar-refractivity contribution in [3.8, 4) is 0 Å². The monoisotopic (exact) mass is 317 g/mol. The Bertz CT molecular complexity index is 409. The van der Waals surface area contributed by atoms with E-state index in [1.807, 2.05) is 13.8 Å². The third-order valence-corrected chi connectivity index (χ3v) is 6.00. The van der Waals surface area contributed by atoms with Crippen molar-refractivity contribution in [2.24, 2.45) is 5.92 Å². The number of hydrogen-bond donors (Lipinski definition) is 1. The van der Waals surface area contributed by atoms with Gasteiger partial charge in [-0.05, 0) is 52.1 Å². The van der Waals surface area contributed by atoms with Crippen molar-refractivity contribution in [2.45, 2.75) is 46.1 Å². The van der Waals surface area contributed by atoms with Gasteiger partial charge in [-0.25, -0.2) is 0 Å². The Balaban J connectivity index is 2.70. The second-order valence-electron chi connectivity index (χ2n) is 6.03. The minimum atomic E-state index is -3.38. The van der Waals surface area contributed by atoms with Crippen molar-refractivity contribution in [3.63, 3.8) is 0 Å². The first kappa shape index (κ1) is 18.6. The zero-order valence-electron chi connectivity index (χ0n) is 13.7. The van der Waals surface area contributed by atoms with E-state index in [1.165, 1.54) is 4.31 Å². The van der Waals surface area contributed by atoms with Crippen molar-refractivity contribution < 1.29 is 8.42 Å². The zero-order chi connectivity index (χ0) is 15.9. The van der Waals surface area contributed by atoms with Crippen LogP contribution in [0.15, 0.2) is 12.7 Å². The smallest absolute Gasteiger partial charge is 0.282 e. The lowest BCUT2D eigenvalue weighted by Crippen LogP contribution is -2.51. The molecule has 0 aromatic carbocycles. The molecule has 1 aliphatic rings. The molecule has 0 amide bonds. The fourth-order valence-electron chi connectivity index (χ4n) is 2.73. The summed E-state index contributed by atoms with van der Waals surface area (Å²) in [7, 11) is -3.38. The van der Waals surface area contributed by atoms with Gasteiger partial charge in [0.15, 0.2) is 0 Å². The van der Waals surface area contributed by atoms with Crippen molar-refractivity contribution in [1.82, 2.24) is 13.9 Å². The summed E-state index contributed by atoms with van der Waals surface area (Å²) in [6.45, 7) is 13.2. The summed E-state index contributed by atoms with van der Waals surface area (Å²) in [6.07, 6.45) is 4.81. The van der Waals surface area contributed by atoms with Crippen LogP contribution in [0.1, 0.15) is 40.0 Å². The topological polar surface area (TPSA) is 52.7 Å². The third-order valence-electron chi connectivity index (χ3n) is 3.85. The Kier molecular flexibility index (Phi) is 7.87. The molecule has 1 rings (SSSR count). The molecule has 21 heavy (non-hydrogen) atoms. The van der Waals surface area contributed by atoms with Gasteiger partial charge in [0.2, 0.25) is 0 Å². The van der Waals surface area contributed by atoms with Crippen LogP contribution in [0.25, 0.3) is 0 Å². The SMILES string of the molecule is C=CCN(C(C)C)S(=O)(=O)N1CCCC(CNCCC)C1. The highest BCUT2D eigenvalue weighted by molar-refractivity contribution is 7.86. The van der Waals surface area contributed by atoms with Gasteiger partial charge in [0.25, 0.3) is 10.2 Å². The molecule has 1 heterocycles. The normalized spacial score (nSPS) is 21.1. The highest BCUT2D eigenvalue weighted by Crippen LogP contribution is 2.22. The summed E-state index contributed by atoms with van der Waals surface area (Å²) in [4.78, 5) is 0. The van der Waals surface area contributed by atoms with Gasteiger partial charge in [0, 0.05) is 25.7 Å². The Morgan fingerprint density at radius 1 is 1.48 bits per heavy atom. The lowest BCUT2D eigenvalue weighted by atomic mass is 10.00. The number of piperidine rings is 1. The first-order valence-corrected chi connectivity index (χ1v) is 9.41. The van der Waals surface area contributed by atoms with E-state index in [1.54, 1.807) is 10.4 Å². The molecule has 5 nitrogen and oxygen atoms in total.